The number of hydrogen-bond acceptors (Lipinski definition) is 6. The summed E-state index contributed by atoms with van der Waals surface area (Å²) in [6.45, 7) is 7.40. The topological polar surface area (TPSA) is 80.5 Å². The number of aromatic nitrogens is 2. The molecule has 0 radical (unpaired) electrons. The molecule has 1 aromatic heterocycles. The number of fused-ring (bicyclic) bond motifs is 1. The molecule has 26 heavy (non-hydrogen) atoms. The molecule has 1 N–H and O–H groups in total. The lowest BCUT2D eigenvalue weighted by atomic mass is 9.81. The number of hydrogen-bond donors (Lipinski definition) is 1. The molecule has 0 unspecified atom stereocenters. The molecular formula is C19H30N4O3. The number of carbonyl (C=O) groups is 1. The number of piperidine rings is 1. The third-order valence-corrected chi connectivity index (χ3v) is 6.11. The van der Waals surface area contributed by atoms with Crippen LogP contribution in [0.25, 0.3) is 0 Å². The van der Waals surface area contributed by atoms with E-state index in [1.165, 1.54) is 0 Å². The minimum Gasteiger partial charge on any atom is -0.375 e. The van der Waals surface area contributed by atoms with E-state index in [-0.39, 0.29) is 17.8 Å². The molecule has 0 spiro atoms. The number of nitrogens with one attached hydrogen (secondary N) is 1. The third-order valence-electron chi connectivity index (χ3n) is 6.11. The highest BCUT2D eigenvalue weighted by Gasteiger charge is 2.38. The van der Waals surface area contributed by atoms with Crippen LogP contribution >= 0.6 is 0 Å². The lowest BCUT2D eigenvalue weighted by molar-refractivity contribution is -0.140. The number of amides is 1. The Bertz CT molecular complexity index is 624. The summed E-state index contributed by atoms with van der Waals surface area (Å²) in [6, 6.07) is 0.344. The molecule has 7 heteroatoms. The monoisotopic (exact) mass is 362 g/mol. The molecule has 3 heterocycles. The first-order valence-corrected chi connectivity index (χ1v) is 10.1. The van der Waals surface area contributed by atoms with E-state index in [9.17, 15) is 4.79 Å². The molecule has 1 saturated carbocycles. The molecule has 1 aliphatic carbocycles. The van der Waals surface area contributed by atoms with Crippen molar-refractivity contribution >= 4 is 5.91 Å². The number of morpholine rings is 1. The minimum absolute atomic E-state index is 0.137. The second kappa shape index (κ2) is 7.64. The lowest BCUT2D eigenvalue weighted by Gasteiger charge is -2.41. The highest BCUT2D eigenvalue weighted by molar-refractivity contribution is 5.79. The number of carbonyl (C=O) groups excluding carboxylic acids is 1. The van der Waals surface area contributed by atoms with Gasteiger partial charge in [0.2, 0.25) is 11.8 Å². The van der Waals surface area contributed by atoms with Crippen LogP contribution in [0.4, 0.5) is 0 Å². The Hall–Kier alpha value is -1.47. The molecule has 3 atom stereocenters. The molecular weight excluding hydrogens is 332 g/mol. The molecule has 0 bridgehead atoms. The van der Waals surface area contributed by atoms with Gasteiger partial charge < -0.3 is 19.5 Å². The van der Waals surface area contributed by atoms with Crippen LogP contribution in [0.1, 0.15) is 69.5 Å². The van der Waals surface area contributed by atoms with Crippen LogP contribution in [0.5, 0.6) is 0 Å². The van der Waals surface area contributed by atoms with Crippen LogP contribution in [0.3, 0.4) is 0 Å². The van der Waals surface area contributed by atoms with Crippen LogP contribution < -0.4 is 5.32 Å². The average molecular weight is 362 g/mol. The zero-order valence-corrected chi connectivity index (χ0v) is 15.8. The van der Waals surface area contributed by atoms with Crippen LogP contribution in [-0.2, 0) is 9.53 Å². The van der Waals surface area contributed by atoms with Crippen LogP contribution in [0.15, 0.2) is 4.52 Å². The largest absolute Gasteiger partial charge is 0.375 e. The fraction of sp³-hybridized carbons (Fsp3) is 0.842. The van der Waals surface area contributed by atoms with Crippen LogP contribution in [0.2, 0.25) is 0 Å². The van der Waals surface area contributed by atoms with Crippen molar-refractivity contribution in [3.63, 3.8) is 0 Å². The maximum atomic E-state index is 13.0. The van der Waals surface area contributed by atoms with Crippen molar-refractivity contribution in [1.29, 1.82) is 0 Å². The molecule has 3 fully saturated rings. The van der Waals surface area contributed by atoms with Crippen molar-refractivity contribution in [1.82, 2.24) is 20.4 Å². The van der Waals surface area contributed by atoms with Gasteiger partial charge in [-0.05, 0) is 32.1 Å². The zero-order valence-electron chi connectivity index (χ0n) is 15.8. The smallest absolute Gasteiger partial charge is 0.229 e. The first kappa shape index (κ1) is 17.9. The van der Waals surface area contributed by atoms with E-state index >= 15 is 0 Å². The van der Waals surface area contributed by atoms with Gasteiger partial charge in [0, 0.05) is 43.4 Å². The standard InChI is InChI=1S/C19H30N4O3/c1-12(2)17-21-18(26-22-17)13-5-8-23(9-6-13)19(24)14-3-4-16-15(11-14)20-7-10-25-16/h12-16,20H,3-11H2,1-2H3/t14-,15+,16+/m0/s1. The average Bonchev–Trinajstić information content (AvgIpc) is 3.18. The van der Waals surface area contributed by atoms with Crippen molar-refractivity contribution in [2.75, 3.05) is 26.2 Å². The Labute approximate surface area is 154 Å². The van der Waals surface area contributed by atoms with Crippen molar-refractivity contribution < 1.29 is 14.1 Å². The summed E-state index contributed by atoms with van der Waals surface area (Å²) in [5.41, 5.74) is 0. The van der Waals surface area contributed by atoms with Crippen molar-refractivity contribution in [3.05, 3.63) is 11.7 Å². The van der Waals surface area contributed by atoms with Gasteiger partial charge in [-0.1, -0.05) is 19.0 Å². The van der Waals surface area contributed by atoms with Gasteiger partial charge in [0.1, 0.15) is 0 Å². The summed E-state index contributed by atoms with van der Waals surface area (Å²) in [5.74, 6) is 2.54. The SMILES string of the molecule is CC(C)c1noc(C2CCN(C(=O)[C@H]3CC[C@H]4OCCN[C@@H]4C3)CC2)n1. The van der Waals surface area contributed by atoms with Crippen molar-refractivity contribution in [3.8, 4) is 0 Å². The lowest BCUT2D eigenvalue weighted by Crippen LogP contribution is -2.53. The Balaban J connectivity index is 1.30. The first-order chi connectivity index (χ1) is 12.6. The summed E-state index contributed by atoms with van der Waals surface area (Å²) in [5, 5.41) is 7.60. The third kappa shape index (κ3) is 3.64. The van der Waals surface area contributed by atoms with Gasteiger partial charge in [-0.15, -0.1) is 0 Å². The van der Waals surface area contributed by atoms with Crippen LogP contribution in [-0.4, -0.2) is 59.3 Å². The molecule has 0 aromatic carbocycles. The van der Waals surface area contributed by atoms with Gasteiger partial charge in [-0.25, -0.2) is 0 Å². The van der Waals surface area contributed by atoms with E-state index in [0.29, 0.717) is 18.1 Å². The summed E-state index contributed by atoms with van der Waals surface area (Å²) >= 11 is 0. The highest BCUT2D eigenvalue weighted by atomic mass is 16.5. The number of nitrogens with zero attached hydrogens (tertiary/aromatic N) is 3. The quantitative estimate of drug-likeness (QED) is 0.886. The van der Waals surface area contributed by atoms with Gasteiger partial charge in [0.25, 0.3) is 0 Å². The molecule has 4 rings (SSSR count). The Kier molecular flexibility index (Phi) is 5.27. The van der Waals surface area contributed by atoms with Gasteiger partial charge in [-0.3, -0.25) is 4.79 Å². The minimum atomic E-state index is 0.137. The van der Waals surface area contributed by atoms with E-state index in [2.05, 4.69) is 29.3 Å². The van der Waals surface area contributed by atoms with Gasteiger partial charge in [-0.2, -0.15) is 4.98 Å². The summed E-state index contributed by atoms with van der Waals surface area (Å²) in [7, 11) is 0. The molecule has 7 nitrogen and oxygen atoms in total. The van der Waals surface area contributed by atoms with Crippen molar-refractivity contribution in [2.24, 2.45) is 5.92 Å². The Morgan fingerprint density at radius 1 is 1.23 bits per heavy atom. The van der Waals surface area contributed by atoms with Crippen LogP contribution in [0, 0.1) is 5.92 Å². The maximum absolute atomic E-state index is 13.0. The number of likely N-dealkylation sites (tertiary alicyclic amines) is 1. The fourth-order valence-electron chi connectivity index (χ4n) is 4.49. The first-order valence-electron chi connectivity index (χ1n) is 10.1. The Morgan fingerprint density at radius 2 is 2.04 bits per heavy atom. The van der Waals surface area contributed by atoms with Gasteiger partial charge >= 0.3 is 0 Å². The second-order valence-electron chi connectivity index (χ2n) is 8.22. The fourth-order valence-corrected chi connectivity index (χ4v) is 4.49. The zero-order chi connectivity index (χ0) is 18.1. The Morgan fingerprint density at radius 3 is 2.77 bits per heavy atom. The van der Waals surface area contributed by atoms with E-state index in [1.54, 1.807) is 0 Å². The highest BCUT2D eigenvalue weighted by Crippen LogP contribution is 2.32. The number of rotatable bonds is 3. The molecule has 3 aliphatic rings. The van der Waals surface area contributed by atoms with Gasteiger partial charge in [0.05, 0.1) is 12.7 Å². The summed E-state index contributed by atoms with van der Waals surface area (Å²) < 4.78 is 11.3. The second-order valence-corrected chi connectivity index (χ2v) is 8.22. The number of ether oxygens (including phenoxy) is 1. The molecule has 144 valence electrons. The predicted octanol–water partition coefficient (Wildman–Crippen LogP) is 2.06. The van der Waals surface area contributed by atoms with E-state index in [1.807, 2.05) is 4.90 Å². The maximum Gasteiger partial charge on any atom is 0.229 e. The van der Waals surface area contributed by atoms with E-state index in [4.69, 9.17) is 9.26 Å². The summed E-state index contributed by atoms with van der Waals surface area (Å²) in [4.78, 5) is 19.6. The van der Waals surface area contributed by atoms with E-state index in [0.717, 1.165) is 70.1 Å². The predicted molar refractivity (Wildman–Crippen MR) is 95.8 cm³/mol. The normalized spacial score (nSPS) is 30.4. The molecule has 2 aliphatic heterocycles. The van der Waals surface area contributed by atoms with E-state index < -0.39 is 0 Å². The molecule has 1 aromatic rings. The molecule has 2 saturated heterocycles. The summed E-state index contributed by atoms with van der Waals surface area (Å²) in [6.07, 6.45) is 4.96. The van der Waals surface area contributed by atoms with Gasteiger partial charge in [0.15, 0.2) is 5.82 Å². The molecule has 1 amide bonds. The van der Waals surface area contributed by atoms with Crippen molar-refractivity contribution in [2.45, 2.75) is 69.9 Å².